The van der Waals surface area contributed by atoms with E-state index in [2.05, 4.69) is 6.07 Å². The number of hydrogen-bond donors (Lipinski definition) is 1. The van der Waals surface area contributed by atoms with Gasteiger partial charge in [0.15, 0.2) is 0 Å². The second-order valence-corrected chi connectivity index (χ2v) is 4.35. The number of nitrogens with zero attached hydrogens (tertiary/aromatic N) is 1. The molecule has 2 rings (SSSR count). The van der Waals surface area contributed by atoms with Crippen LogP contribution in [0, 0.1) is 13.8 Å². The van der Waals surface area contributed by atoms with Crippen LogP contribution in [0.25, 0.3) is 0 Å². The first-order chi connectivity index (χ1) is 7.06. The molecule has 0 unspecified atom stereocenters. The van der Waals surface area contributed by atoms with Gasteiger partial charge >= 0.3 is 0 Å². The van der Waals surface area contributed by atoms with Gasteiger partial charge in [-0.1, -0.05) is 17.2 Å². The number of aryl methyl sites for hydroxylation is 2. The molecule has 0 aromatic heterocycles. The summed E-state index contributed by atoms with van der Waals surface area (Å²) >= 11 is 0. The molecule has 0 radical (unpaired) electrons. The van der Waals surface area contributed by atoms with Crippen LogP contribution >= 0.6 is 0 Å². The molecule has 1 saturated heterocycles. The zero-order valence-electron chi connectivity index (χ0n) is 9.16. The number of likely N-dealkylation sites (tertiary alicyclic amines) is 1. The second kappa shape index (κ2) is 3.66. The van der Waals surface area contributed by atoms with Gasteiger partial charge in [-0.15, -0.1) is 0 Å². The largest absolute Gasteiger partial charge is 0.335 e. The Hall–Kier alpha value is -1.35. The summed E-state index contributed by atoms with van der Waals surface area (Å²) in [7, 11) is 0. The van der Waals surface area contributed by atoms with Crippen molar-refractivity contribution in [2.45, 2.75) is 19.9 Å². The highest BCUT2D eigenvalue weighted by Crippen LogP contribution is 2.15. The predicted molar refractivity (Wildman–Crippen MR) is 59.8 cm³/mol. The number of benzene rings is 1. The summed E-state index contributed by atoms with van der Waals surface area (Å²) in [5.41, 5.74) is 8.68. The van der Waals surface area contributed by atoms with E-state index in [9.17, 15) is 4.79 Å². The average Bonchev–Trinajstić information content (AvgIpc) is 2.10. The van der Waals surface area contributed by atoms with Crippen LogP contribution in [0.4, 0.5) is 0 Å². The van der Waals surface area contributed by atoms with E-state index in [1.807, 2.05) is 26.0 Å². The maximum atomic E-state index is 11.9. The first-order valence-corrected chi connectivity index (χ1v) is 5.19. The minimum absolute atomic E-state index is 0.100. The molecule has 1 aromatic rings. The molecule has 3 nitrogen and oxygen atoms in total. The van der Waals surface area contributed by atoms with Crippen LogP contribution in [0.15, 0.2) is 18.2 Å². The first kappa shape index (κ1) is 10.2. The molecule has 3 heteroatoms. The minimum Gasteiger partial charge on any atom is -0.335 e. The van der Waals surface area contributed by atoms with Crippen LogP contribution < -0.4 is 5.73 Å². The third kappa shape index (κ3) is 2.02. The maximum Gasteiger partial charge on any atom is 0.253 e. The van der Waals surface area contributed by atoms with Crippen molar-refractivity contribution in [2.75, 3.05) is 13.1 Å². The Morgan fingerprint density at radius 2 is 1.80 bits per heavy atom. The number of nitrogens with two attached hydrogens (primary N) is 1. The van der Waals surface area contributed by atoms with E-state index in [-0.39, 0.29) is 11.9 Å². The average molecular weight is 204 g/mol. The lowest BCUT2D eigenvalue weighted by Gasteiger charge is -2.37. The van der Waals surface area contributed by atoms with Crippen LogP contribution in [0.3, 0.4) is 0 Å². The molecule has 1 aromatic carbocycles. The summed E-state index contributed by atoms with van der Waals surface area (Å²) in [4.78, 5) is 13.7. The van der Waals surface area contributed by atoms with E-state index in [4.69, 9.17) is 5.73 Å². The Labute approximate surface area is 89.9 Å². The molecule has 0 atom stereocenters. The highest BCUT2D eigenvalue weighted by molar-refractivity contribution is 5.95. The smallest absolute Gasteiger partial charge is 0.253 e. The fourth-order valence-electron chi connectivity index (χ4n) is 1.96. The summed E-state index contributed by atoms with van der Waals surface area (Å²) in [6.45, 7) is 5.38. The highest BCUT2D eigenvalue weighted by atomic mass is 16.2. The van der Waals surface area contributed by atoms with Crippen LogP contribution in [0.2, 0.25) is 0 Å². The van der Waals surface area contributed by atoms with Gasteiger partial charge in [-0.2, -0.15) is 0 Å². The SMILES string of the molecule is Cc1cc(C)cc(C(=O)N2CC(N)C2)c1. The third-order valence-corrected chi connectivity index (χ3v) is 2.67. The van der Waals surface area contributed by atoms with Crippen LogP contribution in [-0.2, 0) is 0 Å². The molecular weight excluding hydrogens is 188 g/mol. The van der Waals surface area contributed by atoms with Gasteiger partial charge in [-0.3, -0.25) is 4.79 Å². The van der Waals surface area contributed by atoms with Gasteiger partial charge < -0.3 is 10.6 Å². The molecule has 0 bridgehead atoms. The number of carbonyl (C=O) groups is 1. The minimum atomic E-state index is 0.100. The quantitative estimate of drug-likeness (QED) is 0.744. The van der Waals surface area contributed by atoms with Crippen LogP contribution in [0.5, 0.6) is 0 Å². The summed E-state index contributed by atoms with van der Waals surface area (Å²) < 4.78 is 0. The Balaban J connectivity index is 2.18. The number of carbonyl (C=O) groups excluding carboxylic acids is 1. The van der Waals surface area contributed by atoms with Gasteiger partial charge in [0.2, 0.25) is 0 Å². The van der Waals surface area contributed by atoms with Crippen molar-refractivity contribution < 1.29 is 4.79 Å². The normalized spacial score (nSPS) is 16.3. The molecule has 1 amide bonds. The molecule has 0 saturated carbocycles. The molecule has 15 heavy (non-hydrogen) atoms. The molecule has 2 N–H and O–H groups in total. The van der Waals surface area contributed by atoms with Gasteiger partial charge in [0, 0.05) is 24.7 Å². The van der Waals surface area contributed by atoms with Crippen molar-refractivity contribution in [3.05, 3.63) is 34.9 Å². The lowest BCUT2D eigenvalue weighted by Crippen LogP contribution is -2.57. The summed E-state index contributed by atoms with van der Waals surface area (Å²) in [5, 5.41) is 0. The molecule has 1 aliphatic rings. The molecule has 80 valence electrons. The lowest BCUT2D eigenvalue weighted by atomic mass is 10.0. The fourth-order valence-corrected chi connectivity index (χ4v) is 1.96. The zero-order chi connectivity index (χ0) is 11.0. The fraction of sp³-hybridized carbons (Fsp3) is 0.417. The first-order valence-electron chi connectivity index (χ1n) is 5.19. The molecular formula is C12H16N2O. The molecule has 1 aliphatic heterocycles. The van der Waals surface area contributed by atoms with Gasteiger partial charge in [0.25, 0.3) is 5.91 Å². The standard InChI is InChI=1S/C12H16N2O/c1-8-3-9(2)5-10(4-8)12(15)14-6-11(13)7-14/h3-5,11H,6-7,13H2,1-2H3. The van der Waals surface area contributed by atoms with E-state index < -0.39 is 0 Å². The van der Waals surface area contributed by atoms with Crippen molar-refractivity contribution in [1.29, 1.82) is 0 Å². The van der Waals surface area contributed by atoms with Gasteiger partial charge in [-0.05, 0) is 26.0 Å². The Bertz CT molecular complexity index is 374. The van der Waals surface area contributed by atoms with Crippen molar-refractivity contribution in [3.63, 3.8) is 0 Å². The topological polar surface area (TPSA) is 46.3 Å². The van der Waals surface area contributed by atoms with Crippen molar-refractivity contribution >= 4 is 5.91 Å². The van der Waals surface area contributed by atoms with E-state index in [1.165, 1.54) is 0 Å². The third-order valence-electron chi connectivity index (χ3n) is 2.67. The number of rotatable bonds is 1. The van der Waals surface area contributed by atoms with E-state index in [0.717, 1.165) is 16.7 Å². The van der Waals surface area contributed by atoms with E-state index in [1.54, 1.807) is 4.90 Å². The summed E-state index contributed by atoms with van der Waals surface area (Å²) in [5.74, 6) is 0.100. The highest BCUT2D eigenvalue weighted by Gasteiger charge is 2.28. The molecule has 0 aliphatic carbocycles. The summed E-state index contributed by atoms with van der Waals surface area (Å²) in [6, 6.07) is 6.09. The number of amides is 1. The Morgan fingerprint density at radius 3 is 2.27 bits per heavy atom. The molecule has 1 fully saturated rings. The van der Waals surface area contributed by atoms with Gasteiger partial charge in [-0.25, -0.2) is 0 Å². The predicted octanol–water partition coefficient (Wildman–Crippen LogP) is 1.09. The van der Waals surface area contributed by atoms with Crippen molar-refractivity contribution in [1.82, 2.24) is 4.90 Å². The summed E-state index contributed by atoms with van der Waals surface area (Å²) in [6.07, 6.45) is 0. The zero-order valence-corrected chi connectivity index (χ0v) is 9.16. The van der Waals surface area contributed by atoms with Crippen molar-refractivity contribution in [3.8, 4) is 0 Å². The Morgan fingerprint density at radius 1 is 1.27 bits per heavy atom. The lowest BCUT2D eigenvalue weighted by molar-refractivity contribution is 0.0608. The van der Waals surface area contributed by atoms with Crippen LogP contribution in [-0.4, -0.2) is 29.9 Å². The van der Waals surface area contributed by atoms with Crippen LogP contribution in [0.1, 0.15) is 21.5 Å². The van der Waals surface area contributed by atoms with Gasteiger partial charge in [0.05, 0.1) is 0 Å². The Kier molecular flexibility index (Phi) is 2.49. The van der Waals surface area contributed by atoms with Crippen molar-refractivity contribution in [2.24, 2.45) is 5.73 Å². The monoisotopic (exact) mass is 204 g/mol. The maximum absolute atomic E-state index is 11.9. The second-order valence-electron chi connectivity index (χ2n) is 4.35. The number of hydrogen-bond acceptors (Lipinski definition) is 2. The molecule has 0 spiro atoms. The van der Waals surface area contributed by atoms with E-state index >= 15 is 0 Å². The van der Waals surface area contributed by atoms with E-state index in [0.29, 0.717) is 13.1 Å². The molecule has 1 heterocycles. The van der Waals surface area contributed by atoms with Gasteiger partial charge in [0.1, 0.15) is 0 Å².